The van der Waals surface area contributed by atoms with Crippen molar-refractivity contribution in [1.29, 1.82) is 0 Å². The highest BCUT2D eigenvalue weighted by Crippen LogP contribution is 2.05. The molecule has 0 amide bonds. The molecule has 2 nitrogen and oxygen atoms in total. The number of nitrogens with zero attached hydrogens (tertiary/aromatic N) is 1. The van der Waals surface area contributed by atoms with Crippen LogP contribution >= 0.6 is 0 Å². The molecule has 0 spiro atoms. The Morgan fingerprint density at radius 2 is 1.86 bits per heavy atom. The summed E-state index contributed by atoms with van der Waals surface area (Å²) in [6, 6.07) is 4.11. The highest BCUT2D eigenvalue weighted by molar-refractivity contribution is 5.08. The zero-order chi connectivity index (χ0) is 10.2. The molecule has 1 N–H and O–H groups in total. The lowest BCUT2D eigenvalue weighted by atomic mass is 10.0. The van der Waals surface area contributed by atoms with Gasteiger partial charge in [-0.15, -0.1) is 0 Å². The van der Waals surface area contributed by atoms with Crippen molar-refractivity contribution in [3.63, 3.8) is 0 Å². The Morgan fingerprint density at radius 3 is 2.43 bits per heavy atom. The van der Waals surface area contributed by atoms with E-state index in [0.29, 0.717) is 0 Å². The maximum Gasteiger partial charge on any atom is 0.0271 e. The van der Waals surface area contributed by atoms with Gasteiger partial charge in [0.1, 0.15) is 0 Å². The van der Waals surface area contributed by atoms with Crippen LogP contribution in [-0.2, 0) is 6.54 Å². The van der Waals surface area contributed by atoms with Gasteiger partial charge in [0.05, 0.1) is 0 Å². The van der Waals surface area contributed by atoms with E-state index in [2.05, 4.69) is 36.3 Å². The first-order valence-corrected chi connectivity index (χ1v) is 5.46. The molecule has 0 atom stereocenters. The molecule has 0 aliphatic rings. The van der Waals surface area contributed by atoms with Crippen LogP contribution in [0.3, 0.4) is 0 Å². The predicted molar refractivity (Wildman–Crippen MR) is 60.0 cm³/mol. The minimum Gasteiger partial charge on any atom is -0.312 e. The number of hydrogen-bond donors (Lipinski definition) is 1. The molecular formula is C12H20N2. The third kappa shape index (κ3) is 3.88. The maximum absolute atomic E-state index is 3.99. The van der Waals surface area contributed by atoms with Crippen molar-refractivity contribution >= 4 is 0 Å². The van der Waals surface area contributed by atoms with Crippen LogP contribution in [0.1, 0.15) is 32.3 Å². The van der Waals surface area contributed by atoms with Gasteiger partial charge in [0, 0.05) is 18.9 Å². The number of rotatable bonds is 6. The van der Waals surface area contributed by atoms with Gasteiger partial charge in [0.2, 0.25) is 0 Å². The summed E-state index contributed by atoms with van der Waals surface area (Å²) < 4.78 is 0. The molecule has 0 fully saturated rings. The van der Waals surface area contributed by atoms with E-state index in [9.17, 15) is 0 Å². The molecule has 1 aromatic rings. The zero-order valence-electron chi connectivity index (χ0n) is 9.16. The van der Waals surface area contributed by atoms with Crippen LogP contribution in [0.25, 0.3) is 0 Å². The maximum atomic E-state index is 3.99. The quantitative estimate of drug-likeness (QED) is 0.749. The number of hydrogen-bond acceptors (Lipinski definition) is 2. The molecule has 2 heteroatoms. The van der Waals surface area contributed by atoms with Gasteiger partial charge in [-0.2, -0.15) is 0 Å². The number of aromatic nitrogens is 1. The Balaban J connectivity index is 2.21. The Morgan fingerprint density at radius 1 is 1.21 bits per heavy atom. The van der Waals surface area contributed by atoms with Crippen LogP contribution in [0, 0.1) is 5.92 Å². The third-order valence-corrected chi connectivity index (χ3v) is 2.67. The summed E-state index contributed by atoms with van der Waals surface area (Å²) >= 11 is 0. The van der Waals surface area contributed by atoms with Gasteiger partial charge in [-0.3, -0.25) is 4.98 Å². The van der Waals surface area contributed by atoms with Crippen molar-refractivity contribution in [1.82, 2.24) is 10.3 Å². The summed E-state index contributed by atoms with van der Waals surface area (Å²) in [6.45, 7) is 6.58. The lowest BCUT2D eigenvalue weighted by molar-refractivity contribution is 0.449. The van der Waals surface area contributed by atoms with E-state index in [4.69, 9.17) is 0 Å². The normalized spacial score (nSPS) is 10.8. The average Bonchev–Trinajstić information content (AvgIpc) is 2.26. The summed E-state index contributed by atoms with van der Waals surface area (Å²) in [5.41, 5.74) is 1.31. The van der Waals surface area contributed by atoms with E-state index in [1.807, 2.05) is 12.4 Å². The molecular weight excluding hydrogens is 172 g/mol. The highest BCUT2D eigenvalue weighted by Gasteiger charge is 2.01. The van der Waals surface area contributed by atoms with Gasteiger partial charge >= 0.3 is 0 Å². The van der Waals surface area contributed by atoms with E-state index in [1.54, 1.807) is 0 Å². The highest BCUT2D eigenvalue weighted by atomic mass is 14.9. The van der Waals surface area contributed by atoms with E-state index in [-0.39, 0.29) is 0 Å². The fourth-order valence-electron chi connectivity index (χ4n) is 1.50. The summed E-state index contributed by atoms with van der Waals surface area (Å²) in [6.07, 6.45) is 6.21. The molecule has 78 valence electrons. The molecule has 14 heavy (non-hydrogen) atoms. The molecule has 1 aromatic heterocycles. The van der Waals surface area contributed by atoms with Crippen LogP contribution in [0.4, 0.5) is 0 Å². The Bertz CT molecular complexity index is 229. The van der Waals surface area contributed by atoms with E-state index in [1.165, 1.54) is 18.4 Å². The second kappa shape index (κ2) is 6.55. The van der Waals surface area contributed by atoms with Gasteiger partial charge in [-0.1, -0.05) is 26.7 Å². The molecule has 0 saturated heterocycles. The molecule has 0 aliphatic carbocycles. The number of pyridine rings is 1. The monoisotopic (exact) mass is 192 g/mol. The van der Waals surface area contributed by atoms with Crippen molar-refractivity contribution in [2.45, 2.75) is 33.2 Å². The van der Waals surface area contributed by atoms with Crippen molar-refractivity contribution in [2.75, 3.05) is 6.54 Å². The van der Waals surface area contributed by atoms with Gasteiger partial charge < -0.3 is 5.32 Å². The molecule has 1 rings (SSSR count). The summed E-state index contributed by atoms with van der Waals surface area (Å²) in [4.78, 5) is 3.99. The van der Waals surface area contributed by atoms with Crippen molar-refractivity contribution in [2.24, 2.45) is 5.92 Å². The van der Waals surface area contributed by atoms with Gasteiger partial charge in [0.25, 0.3) is 0 Å². The summed E-state index contributed by atoms with van der Waals surface area (Å²) in [5, 5.41) is 3.48. The van der Waals surface area contributed by atoms with E-state index in [0.717, 1.165) is 19.0 Å². The fourth-order valence-corrected chi connectivity index (χ4v) is 1.50. The standard InChI is InChI=1S/C12H20N2/c1-3-11(4-2)9-14-10-12-5-7-13-8-6-12/h5-8,11,14H,3-4,9-10H2,1-2H3. The van der Waals surface area contributed by atoms with E-state index < -0.39 is 0 Å². The van der Waals surface area contributed by atoms with Crippen LogP contribution in [0.5, 0.6) is 0 Å². The summed E-state index contributed by atoms with van der Waals surface area (Å²) in [5.74, 6) is 0.817. The Kier molecular flexibility index (Phi) is 5.23. The van der Waals surface area contributed by atoms with Gasteiger partial charge in [-0.05, 0) is 30.2 Å². The first kappa shape index (κ1) is 11.2. The summed E-state index contributed by atoms with van der Waals surface area (Å²) in [7, 11) is 0. The van der Waals surface area contributed by atoms with E-state index >= 15 is 0 Å². The van der Waals surface area contributed by atoms with Crippen LogP contribution < -0.4 is 5.32 Å². The third-order valence-electron chi connectivity index (χ3n) is 2.67. The zero-order valence-corrected chi connectivity index (χ0v) is 9.16. The van der Waals surface area contributed by atoms with Crippen LogP contribution in [-0.4, -0.2) is 11.5 Å². The second-order valence-corrected chi connectivity index (χ2v) is 3.67. The Labute approximate surface area is 86.8 Å². The average molecular weight is 192 g/mol. The van der Waals surface area contributed by atoms with Crippen molar-refractivity contribution in [3.05, 3.63) is 30.1 Å². The molecule has 0 aliphatic heterocycles. The van der Waals surface area contributed by atoms with Crippen molar-refractivity contribution in [3.8, 4) is 0 Å². The number of nitrogens with one attached hydrogen (secondary N) is 1. The molecule has 0 saturated carbocycles. The minimum atomic E-state index is 0.817. The lowest BCUT2D eigenvalue weighted by Gasteiger charge is -2.12. The second-order valence-electron chi connectivity index (χ2n) is 3.67. The largest absolute Gasteiger partial charge is 0.312 e. The van der Waals surface area contributed by atoms with Gasteiger partial charge in [0.15, 0.2) is 0 Å². The molecule has 1 heterocycles. The first-order valence-electron chi connectivity index (χ1n) is 5.46. The van der Waals surface area contributed by atoms with Crippen LogP contribution in [0.2, 0.25) is 0 Å². The first-order chi connectivity index (χ1) is 6.86. The van der Waals surface area contributed by atoms with Crippen molar-refractivity contribution < 1.29 is 0 Å². The fraction of sp³-hybridized carbons (Fsp3) is 0.583. The van der Waals surface area contributed by atoms with Gasteiger partial charge in [-0.25, -0.2) is 0 Å². The SMILES string of the molecule is CCC(CC)CNCc1ccncc1. The van der Waals surface area contributed by atoms with Crippen LogP contribution in [0.15, 0.2) is 24.5 Å². The Hall–Kier alpha value is -0.890. The lowest BCUT2D eigenvalue weighted by Crippen LogP contribution is -2.21. The molecule has 0 bridgehead atoms. The molecule has 0 aromatic carbocycles. The molecule has 0 unspecified atom stereocenters. The minimum absolute atomic E-state index is 0.817. The molecule has 0 radical (unpaired) electrons. The smallest absolute Gasteiger partial charge is 0.0271 e. The topological polar surface area (TPSA) is 24.9 Å². The predicted octanol–water partition coefficient (Wildman–Crippen LogP) is 2.61.